The first kappa shape index (κ1) is 25.4. The molecule has 5 rings (SSSR count). The number of aromatic nitrogens is 2. The van der Waals surface area contributed by atoms with E-state index in [9.17, 15) is 19.5 Å². The van der Waals surface area contributed by atoms with Crippen molar-refractivity contribution < 1.29 is 19.5 Å². The van der Waals surface area contributed by atoms with Crippen LogP contribution >= 0.6 is 0 Å². The number of aromatic amines is 1. The topological polar surface area (TPSA) is 119 Å². The van der Waals surface area contributed by atoms with Gasteiger partial charge in [0.2, 0.25) is 5.91 Å². The predicted octanol–water partition coefficient (Wildman–Crippen LogP) is 3.35. The number of benzene rings is 2. The summed E-state index contributed by atoms with van der Waals surface area (Å²) in [6, 6.07) is 13.1. The summed E-state index contributed by atoms with van der Waals surface area (Å²) in [6.07, 6.45) is 2.85. The number of anilines is 1. The highest BCUT2D eigenvalue weighted by Crippen LogP contribution is 2.39. The van der Waals surface area contributed by atoms with Crippen molar-refractivity contribution in [3.63, 3.8) is 0 Å². The number of carbonyl (C=O) groups is 3. The molecular formula is C29H31N5O4. The Morgan fingerprint density at radius 3 is 2.39 bits per heavy atom. The molecule has 0 saturated heterocycles. The molecule has 0 saturated carbocycles. The van der Waals surface area contributed by atoms with E-state index in [0.29, 0.717) is 39.8 Å². The zero-order chi connectivity index (χ0) is 27.0. The van der Waals surface area contributed by atoms with Crippen LogP contribution in [0.25, 0.3) is 33.0 Å². The number of hydrogen-bond donors (Lipinski definition) is 4. The van der Waals surface area contributed by atoms with Crippen molar-refractivity contribution in [3.8, 4) is 0 Å². The molecule has 1 unspecified atom stereocenters. The van der Waals surface area contributed by atoms with E-state index in [-0.39, 0.29) is 18.0 Å². The highest BCUT2D eigenvalue weighted by atomic mass is 16.3. The standard InChI is InChI=1S/C29H31N5O4/c1-4-33(5-2)14-18(36)15-34-16-22(20-10-8-12-24(27(20)34)31-17(3)35)26-25(28(37)32-29(26)38)21-13-30-23-11-7-6-9-19(21)23/h6-13,16,18,30,36H,4-5,14-15H2,1-3H3,(H,31,35)(H,32,37,38). The lowest BCUT2D eigenvalue weighted by atomic mass is 9.95. The van der Waals surface area contributed by atoms with Gasteiger partial charge in [-0.05, 0) is 25.2 Å². The molecule has 0 radical (unpaired) electrons. The number of hydrogen-bond acceptors (Lipinski definition) is 5. The Labute approximate surface area is 220 Å². The van der Waals surface area contributed by atoms with E-state index in [4.69, 9.17) is 0 Å². The van der Waals surface area contributed by atoms with Crippen molar-refractivity contribution in [1.82, 2.24) is 19.8 Å². The third-order valence-electron chi connectivity index (χ3n) is 7.04. The summed E-state index contributed by atoms with van der Waals surface area (Å²) in [4.78, 5) is 43.7. The molecule has 2 aromatic heterocycles. The van der Waals surface area contributed by atoms with Crippen LogP contribution in [-0.2, 0) is 20.9 Å². The largest absolute Gasteiger partial charge is 0.390 e. The molecule has 4 aromatic rings. The van der Waals surface area contributed by atoms with E-state index in [1.54, 1.807) is 24.5 Å². The van der Waals surface area contributed by atoms with Gasteiger partial charge in [-0.25, -0.2) is 0 Å². The summed E-state index contributed by atoms with van der Waals surface area (Å²) >= 11 is 0. The second kappa shape index (κ2) is 10.3. The number of nitrogens with one attached hydrogen (secondary N) is 3. The summed E-state index contributed by atoms with van der Waals surface area (Å²) < 4.78 is 1.86. The minimum atomic E-state index is -0.690. The van der Waals surface area contributed by atoms with Crippen LogP contribution in [0.3, 0.4) is 0 Å². The minimum Gasteiger partial charge on any atom is -0.390 e. The van der Waals surface area contributed by atoms with Gasteiger partial charge in [0.1, 0.15) is 0 Å². The number of amides is 3. The van der Waals surface area contributed by atoms with Gasteiger partial charge in [0, 0.05) is 59.8 Å². The van der Waals surface area contributed by atoms with Crippen LogP contribution in [0.1, 0.15) is 31.9 Å². The Hall–Kier alpha value is -4.21. The van der Waals surface area contributed by atoms with Crippen LogP contribution in [0.4, 0.5) is 5.69 Å². The van der Waals surface area contributed by atoms with Crippen LogP contribution in [0.2, 0.25) is 0 Å². The number of carbonyl (C=O) groups excluding carboxylic acids is 3. The fourth-order valence-corrected chi connectivity index (χ4v) is 5.31. The van der Waals surface area contributed by atoms with Gasteiger partial charge >= 0.3 is 0 Å². The molecule has 9 nitrogen and oxygen atoms in total. The Morgan fingerprint density at radius 2 is 1.68 bits per heavy atom. The first-order chi connectivity index (χ1) is 18.3. The summed E-state index contributed by atoms with van der Waals surface area (Å²) in [7, 11) is 0. The molecule has 0 fully saturated rings. The smallest absolute Gasteiger partial charge is 0.259 e. The van der Waals surface area contributed by atoms with Crippen LogP contribution in [0.5, 0.6) is 0 Å². The van der Waals surface area contributed by atoms with Crippen molar-refractivity contribution in [2.75, 3.05) is 25.0 Å². The van der Waals surface area contributed by atoms with Gasteiger partial charge in [-0.15, -0.1) is 0 Å². The SMILES string of the molecule is CCN(CC)CC(O)Cn1cc(C2=C(c3c[nH]c4ccccc34)C(=O)NC2=O)c2cccc(NC(C)=O)c21. The maximum absolute atomic E-state index is 13.3. The second-order valence-electron chi connectivity index (χ2n) is 9.50. The normalized spacial score (nSPS) is 14.7. The number of nitrogens with zero attached hydrogens (tertiary/aromatic N) is 2. The minimum absolute atomic E-state index is 0.233. The third-order valence-corrected chi connectivity index (χ3v) is 7.04. The third kappa shape index (κ3) is 4.51. The van der Waals surface area contributed by atoms with Crippen molar-refractivity contribution in [2.24, 2.45) is 0 Å². The fraction of sp³-hybridized carbons (Fsp3) is 0.276. The van der Waals surface area contributed by atoms with Gasteiger partial charge in [-0.2, -0.15) is 0 Å². The molecule has 2 aromatic carbocycles. The number of rotatable bonds is 9. The lowest BCUT2D eigenvalue weighted by Gasteiger charge is -2.22. The molecule has 0 bridgehead atoms. The van der Waals surface area contributed by atoms with Gasteiger partial charge in [0.15, 0.2) is 0 Å². The van der Waals surface area contributed by atoms with Crippen molar-refractivity contribution in [1.29, 1.82) is 0 Å². The Kier molecular flexibility index (Phi) is 6.88. The van der Waals surface area contributed by atoms with Crippen LogP contribution in [-0.4, -0.2) is 63.0 Å². The van der Waals surface area contributed by atoms with Crippen molar-refractivity contribution in [3.05, 3.63) is 66.0 Å². The van der Waals surface area contributed by atoms with Crippen LogP contribution in [0, 0.1) is 0 Å². The van der Waals surface area contributed by atoms with E-state index in [2.05, 4.69) is 20.5 Å². The molecular weight excluding hydrogens is 482 g/mol. The zero-order valence-corrected chi connectivity index (χ0v) is 21.7. The number of aliphatic hydroxyl groups is 1. The Bertz CT molecular complexity index is 1590. The molecule has 0 spiro atoms. The predicted molar refractivity (Wildman–Crippen MR) is 148 cm³/mol. The fourth-order valence-electron chi connectivity index (χ4n) is 5.31. The highest BCUT2D eigenvalue weighted by molar-refractivity contribution is 6.50. The number of likely N-dealkylation sites (N-methyl/N-ethyl adjacent to an activating group) is 1. The maximum Gasteiger partial charge on any atom is 0.259 e. The monoisotopic (exact) mass is 513 g/mol. The van der Waals surface area contributed by atoms with E-state index in [1.807, 2.05) is 48.7 Å². The summed E-state index contributed by atoms with van der Waals surface area (Å²) in [5.41, 5.74) is 3.85. The molecule has 3 heterocycles. The Balaban J connectivity index is 1.71. The molecule has 196 valence electrons. The average Bonchev–Trinajstić information content (AvgIpc) is 3.55. The van der Waals surface area contributed by atoms with E-state index in [0.717, 1.165) is 24.0 Å². The second-order valence-corrected chi connectivity index (χ2v) is 9.50. The summed E-state index contributed by atoms with van der Waals surface area (Å²) in [5, 5.41) is 17.8. The van der Waals surface area contributed by atoms with Gasteiger partial charge in [-0.1, -0.05) is 44.2 Å². The van der Waals surface area contributed by atoms with Gasteiger partial charge in [0.05, 0.1) is 28.5 Å². The van der Waals surface area contributed by atoms with Gasteiger partial charge in [0.25, 0.3) is 11.8 Å². The molecule has 1 aliphatic heterocycles. The molecule has 4 N–H and O–H groups in total. The highest BCUT2D eigenvalue weighted by Gasteiger charge is 2.35. The summed E-state index contributed by atoms with van der Waals surface area (Å²) in [5.74, 6) is -1.18. The number of imide groups is 1. The molecule has 3 amide bonds. The molecule has 1 aliphatic rings. The average molecular weight is 514 g/mol. The van der Waals surface area contributed by atoms with Crippen LogP contribution in [0.15, 0.2) is 54.9 Å². The van der Waals surface area contributed by atoms with Gasteiger partial charge in [-0.3, -0.25) is 19.7 Å². The molecule has 9 heteroatoms. The van der Waals surface area contributed by atoms with E-state index >= 15 is 0 Å². The maximum atomic E-state index is 13.3. The number of H-pyrrole nitrogens is 1. The van der Waals surface area contributed by atoms with Gasteiger partial charge < -0.3 is 24.9 Å². The number of fused-ring (bicyclic) bond motifs is 2. The first-order valence-electron chi connectivity index (χ1n) is 12.8. The Morgan fingerprint density at radius 1 is 1.00 bits per heavy atom. The lowest BCUT2D eigenvalue weighted by molar-refractivity contribution is -0.123. The quantitative estimate of drug-likeness (QED) is 0.256. The van der Waals surface area contributed by atoms with Crippen molar-refractivity contribution >= 4 is 56.4 Å². The molecule has 1 atom stereocenters. The molecule has 38 heavy (non-hydrogen) atoms. The van der Waals surface area contributed by atoms with Crippen molar-refractivity contribution in [2.45, 2.75) is 33.4 Å². The van der Waals surface area contributed by atoms with E-state index in [1.165, 1.54) is 6.92 Å². The zero-order valence-electron chi connectivity index (χ0n) is 21.7. The van der Waals surface area contributed by atoms with E-state index < -0.39 is 17.9 Å². The van der Waals surface area contributed by atoms with Crippen LogP contribution < -0.4 is 10.6 Å². The number of para-hydroxylation sites is 2. The number of aliphatic hydroxyl groups excluding tert-OH is 1. The summed E-state index contributed by atoms with van der Waals surface area (Å²) in [6.45, 7) is 7.87. The molecule has 0 aliphatic carbocycles. The lowest BCUT2D eigenvalue weighted by Crippen LogP contribution is -2.34. The first-order valence-corrected chi connectivity index (χ1v) is 12.8.